The van der Waals surface area contributed by atoms with Crippen molar-refractivity contribution in [2.24, 2.45) is 0 Å². The third-order valence-corrected chi connectivity index (χ3v) is 11.2. The molecule has 0 unspecified atom stereocenters. The molecule has 3 heteroatoms. The third kappa shape index (κ3) is 5.43. The number of para-hydroxylation sites is 2. The molecule has 0 aliphatic rings. The number of nitrogens with zero attached hydrogens (tertiary/aromatic N) is 1. The summed E-state index contributed by atoms with van der Waals surface area (Å²) in [6.07, 6.45) is 3.89. The molecule has 0 saturated carbocycles. The highest BCUT2D eigenvalue weighted by atomic mass is 16.3. The number of furan rings is 2. The van der Waals surface area contributed by atoms with Crippen molar-refractivity contribution in [1.29, 1.82) is 0 Å². The first kappa shape index (κ1) is 32.8. The van der Waals surface area contributed by atoms with Crippen LogP contribution in [0.1, 0.15) is 11.3 Å². The molecule has 0 radical (unpaired) electrons. The third-order valence-electron chi connectivity index (χ3n) is 11.2. The standard InChI is InChI=1S/C54H35NO2/c1-2-12-47(52-33-38-24-23-36-14-4-6-16-43(36)54(38)57-52)46-17-7-9-21-50(46)55(40-30-32-49-48-18-8-10-22-51(48)56-53(49)34-40)39-28-25-37(26-29-39)42-19-11-20-44-41-15-5-3-13-35(41)27-31-45(42)44/h2-34H,1H2/b47-12-. The highest BCUT2D eigenvalue weighted by Crippen LogP contribution is 2.44. The monoisotopic (exact) mass is 729 g/mol. The van der Waals surface area contributed by atoms with Gasteiger partial charge in [0.2, 0.25) is 0 Å². The Kier molecular flexibility index (Phi) is 7.65. The second-order valence-electron chi connectivity index (χ2n) is 14.5. The summed E-state index contributed by atoms with van der Waals surface area (Å²) < 4.78 is 13.2. The molecule has 0 bridgehead atoms. The summed E-state index contributed by atoms with van der Waals surface area (Å²) in [5.74, 6) is 0.778. The molecule has 2 aromatic heterocycles. The number of rotatable bonds is 7. The van der Waals surface area contributed by atoms with Gasteiger partial charge >= 0.3 is 0 Å². The molecule has 0 aliphatic carbocycles. The van der Waals surface area contributed by atoms with Gasteiger partial charge in [-0.05, 0) is 80.5 Å². The van der Waals surface area contributed by atoms with Crippen molar-refractivity contribution in [3.8, 4) is 11.1 Å². The van der Waals surface area contributed by atoms with Crippen molar-refractivity contribution in [3.05, 3.63) is 218 Å². The zero-order chi connectivity index (χ0) is 37.9. The van der Waals surface area contributed by atoms with Crippen molar-refractivity contribution in [2.75, 3.05) is 4.90 Å². The molecule has 0 fully saturated rings. The maximum Gasteiger partial charge on any atom is 0.142 e. The van der Waals surface area contributed by atoms with Crippen LogP contribution in [0.15, 0.2) is 216 Å². The number of anilines is 3. The lowest BCUT2D eigenvalue weighted by Crippen LogP contribution is -2.12. The molecule has 268 valence electrons. The molecule has 0 N–H and O–H groups in total. The highest BCUT2D eigenvalue weighted by Gasteiger charge is 2.22. The van der Waals surface area contributed by atoms with E-state index < -0.39 is 0 Å². The average Bonchev–Trinajstić information content (AvgIpc) is 3.88. The lowest BCUT2D eigenvalue weighted by atomic mass is 9.94. The van der Waals surface area contributed by atoms with Crippen LogP contribution in [0.5, 0.6) is 0 Å². The van der Waals surface area contributed by atoms with E-state index in [0.717, 1.165) is 83.2 Å². The molecule has 11 rings (SSSR count). The van der Waals surface area contributed by atoms with Crippen LogP contribution in [-0.4, -0.2) is 0 Å². The molecule has 0 amide bonds. The smallest absolute Gasteiger partial charge is 0.142 e. The lowest BCUT2D eigenvalue weighted by molar-refractivity contribution is 0.603. The summed E-state index contributed by atoms with van der Waals surface area (Å²) >= 11 is 0. The van der Waals surface area contributed by atoms with Crippen LogP contribution in [0.2, 0.25) is 0 Å². The van der Waals surface area contributed by atoms with Gasteiger partial charge in [-0.25, -0.2) is 0 Å². The number of hydrogen-bond donors (Lipinski definition) is 0. The first-order chi connectivity index (χ1) is 28.2. The van der Waals surface area contributed by atoms with Gasteiger partial charge in [0.25, 0.3) is 0 Å². The van der Waals surface area contributed by atoms with E-state index in [-0.39, 0.29) is 0 Å². The van der Waals surface area contributed by atoms with Gasteiger partial charge < -0.3 is 13.7 Å². The van der Waals surface area contributed by atoms with Crippen LogP contribution in [0, 0.1) is 0 Å². The van der Waals surface area contributed by atoms with Crippen LogP contribution in [0.4, 0.5) is 17.1 Å². The molecule has 0 saturated heterocycles. The van der Waals surface area contributed by atoms with E-state index >= 15 is 0 Å². The second-order valence-corrected chi connectivity index (χ2v) is 14.5. The van der Waals surface area contributed by atoms with E-state index in [1.807, 2.05) is 24.3 Å². The van der Waals surface area contributed by atoms with Gasteiger partial charge in [-0.2, -0.15) is 0 Å². The number of allylic oxidation sites excluding steroid dienone is 2. The minimum absolute atomic E-state index is 0.778. The van der Waals surface area contributed by atoms with Crippen LogP contribution in [0.3, 0.4) is 0 Å². The topological polar surface area (TPSA) is 29.5 Å². The SMILES string of the molecule is C=C/C=C(\c1cc2ccc3ccccc3c2o1)c1ccccc1N(c1ccc(-c2cccc3c2ccc2ccccc23)cc1)c1ccc2c(c1)oc1ccccc12. The molecule has 9 aromatic carbocycles. The molecule has 0 atom stereocenters. The molecule has 2 heterocycles. The van der Waals surface area contributed by atoms with E-state index in [1.54, 1.807) is 0 Å². The predicted octanol–water partition coefficient (Wildman–Crippen LogP) is 15.5. The van der Waals surface area contributed by atoms with Gasteiger partial charge in [-0.3, -0.25) is 0 Å². The van der Waals surface area contributed by atoms with Crippen molar-refractivity contribution < 1.29 is 8.83 Å². The molecule has 0 spiro atoms. The number of fused-ring (bicyclic) bond motifs is 9. The quantitative estimate of drug-likeness (QED) is 0.121. The van der Waals surface area contributed by atoms with E-state index in [0.29, 0.717) is 0 Å². The first-order valence-corrected chi connectivity index (χ1v) is 19.3. The molecular formula is C54H35NO2. The Labute approximate surface area is 329 Å². The van der Waals surface area contributed by atoms with Crippen LogP contribution >= 0.6 is 0 Å². The van der Waals surface area contributed by atoms with Crippen molar-refractivity contribution in [1.82, 2.24) is 0 Å². The van der Waals surface area contributed by atoms with Gasteiger partial charge in [0.15, 0.2) is 0 Å². The van der Waals surface area contributed by atoms with E-state index in [2.05, 4.69) is 187 Å². The van der Waals surface area contributed by atoms with E-state index in [4.69, 9.17) is 8.83 Å². The van der Waals surface area contributed by atoms with Crippen LogP contribution < -0.4 is 4.90 Å². The van der Waals surface area contributed by atoms with Crippen molar-refractivity contribution >= 4 is 87.9 Å². The van der Waals surface area contributed by atoms with Gasteiger partial charge in [0, 0.05) is 50.1 Å². The van der Waals surface area contributed by atoms with Gasteiger partial charge in [0.05, 0.1) is 5.69 Å². The Morgan fingerprint density at radius 2 is 1.11 bits per heavy atom. The molecule has 11 aromatic rings. The molecule has 57 heavy (non-hydrogen) atoms. The highest BCUT2D eigenvalue weighted by molar-refractivity contribution is 6.12. The average molecular weight is 730 g/mol. The van der Waals surface area contributed by atoms with Crippen molar-refractivity contribution in [3.63, 3.8) is 0 Å². The predicted molar refractivity (Wildman–Crippen MR) is 240 cm³/mol. The number of benzene rings is 9. The fourth-order valence-corrected chi connectivity index (χ4v) is 8.58. The zero-order valence-electron chi connectivity index (χ0n) is 31.0. The summed E-state index contributed by atoms with van der Waals surface area (Å²) in [5, 5.41) is 10.5. The zero-order valence-corrected chi connectivity index (χ0v) is 31.0. The molecular weight excluding hydrogens is 695 g/mol. The first-order valence-electron chi connectivity index (χ1n) is 19.3. The Morgan fingerprint density at radius 3 is 1.96 bits per heavy atom. The lowest BCUT2D eigenvalue weighted by Gasteiger charge is -2.28. The minimum atomic E-state index is 0.778. The minimum Gasteiger partial charge on any atom is -0.456 e. The van der Waals surface area contributed by atoms with Gasteiger partial charge in [-0.15, -0.1) is 0 Å². The normalized spacial score (nSPS) is 12.0. The Balaban J connectivity index is 1.09. The molecule has 0 aliphatic heterocycles. The number of hydrogen-bond acceptors (Lipinski definition) is 3. The second kappa shape index (κ2) is 13.3. The largest absolute Gasteiger partial charge is 0.456 e. The summed E-state index contributed by atoms with van der Waals surface area (Å²) in [5.41, 5.74) is 9.88. The fourth-order valence-electron chi connectivity index (χ4n) is 8.58. The van der Waals surface area contributed by atoms with Crippen LogP contribution in [-0.2, 0) is 0 Å². The maximum absolute atomic E-state index is 6.76. The van der Waals surface area contributed by atoms with Gasteiger partial charge in [-0.1, -0.05) is 158 Å². The van der Waals surface area contributed by atoms with Gasteiger partial charge in [0.1, 0.15) is 22.5 Å². The summed E-state index contributed by atoms with van der Waals surface area (Å²) in [6, 6.07) is 66.6. The Hall–Kier alpha value is -7.62. The van der Waals surface area contributed by atoms with Crippen molar-refractivity contribution in [2.45, 2.75) is 0 Å². The van der Waals surface area contributed by atoms with Crippen LogP contribution in [0.25, 0.3) is 81.9 Å². The fraction of sp³-hybridized carbons (Fsp3) is 0. The van der Waals surface area contributed by atoms with E-state index in [1.165, 1.54) is 27.1 Å². The Morgan fingerprint density at radius 1 is 0.456 bits per heavy atom. The molecule has 3 nitrogen and oxygen atoms in total. The summed E-state index contributed by atoms with van der Waals surface area (Å²) in [6.45, 7) is 4.13. The summed E-state index contributed by atoms with van der Waals surface area (Å²) in [7, 11) is 0. The van der Waals surface area contributed by atoms with E-state index in [9.17, 15) is 0 Å². The Bertz CT molecular complexity index is 3380. The summed E-state index contributed by atoms with van der Waals surface area (Å²) in [4.78, 5) is 2.32. The maximum atomic E-state index is 6.76.